The number of carbonyl (C=O) groups is 3. The molecule has 0 aromatic heterocycles. The minimum Gasteiger partial charge on any atom is -0.506 e. The molecule has 0 unspecified atom stereocenters. The maximum Gasteiger partial charge on any atom is 0.322 e. The van der Waals surface area contributed by atoms with Gasteiger partial charge in [0, 0.05) is 5.56 Å². The van der Waals surface area contributed by atoms with E-state index in [-0.39, 0.29) is 11.3 Å². The van der Waals surface area contributed by atoms with Crippen molar-refractivity contribution in [1.82, 2.24) is 10.2 Å². The van der Waals surface area contributed by atoms with E-state index in [0.29, 0.717) is 31.5 Å². The molecule has 1 amide bonds. The smallest absolute Gasteiger partial charge is 0.322 e. The molecule has 3 N–H and O–H groups in total. The van der Waals surface area contributed by atoms with Crippen molar-refractivity contribution < 1.29 is 24.6 Å². The van der Waals surface area contributed by atoms with Gasteiger partial charge in [-0.15, -0.1) is 0 Å². The summed E-state index contributed by atoms with van der Waals surface area (Å²) in [4.78, 5) is 38.4. The molecule has 0 radical (unpaired) electrons. The van der Waals surface area contributed by atoms with Crippen molar-refractivity contribution in [3.05, 3.63) is 41.0 Å². The van der Waals surface area contributed by atoms with Crippen molar-refractivity contribution in [2.24, 2.45) is 0 Å². The van der Waals surface area contributed by atoms with Crippen LogP contribution >= 0.6 is 0 Å². The lowest BCUT2D eigenvalue weighted by Gasteiger charge is -2.43. The van der Waals surface area contributed by atoms with E-state index in [1.54, 1.807) is 12.1 Å². The molecule has 0 bridgehead atoms. The van der Waals surface area contributed by atoms with Gasteiger partial charge in [-0.1, -0.05) is 24.3 Å². The van der Waals surface area contributed by atoms with Gasteiger partial charge in [0.05, 0.1) is 5.41 Å². The highest BCUT2D eigenvalue weighted by Gasteiger charge is 2.50. The summed E-state index contributed by atoms with van der Waals surface area (Å²) in [5, 5.41) is 21.5. The van der Waals surface area contributed by atoms with Gasteiger partial charge < -0.3 is 20.4 Å². The highest BCUT2D eigenvalue weighted by molar-refractivity contribution is 6.28. The predicted octanol–water partition coefficient (Wildman–Crippen LogP) is 0.703. The van der Waals surface area contributed by atoms with Crippen LogP contribution < -0.4 is 5.32 Å². The summed E-state index contributed by atoms with van der Waals surface area (Å²) in [7, 11) is 1.97. The monoisotopic (exact) mass is 344 g/mol. The fourth-order valence-electron chi connectivity index (χ4n) is 3.66. The number of Topliss-reactive ketones (excluding diaryl/α,β-unsaturated/α-hetero) is 1. The number of aliphatic carboxylic acids is 1. The van der Waals surface area contributed by atoms with Crippen molar-refractivity contribution in [2.45, 2.75) is 18.3 Å². The van der Waals surface area contributed by atoms with Crippen molar-refractivity contribution in [3.8, 4) is 0 Å². The summed E-state index contributed by atoms with van der Waals surface area (Å²) < 4.78 is 0. The van der Waals surface area contributed by atoms with E-state index in [9.17, 15) is 19.5 Å². The number of carbonyl (C=O) groups excluding carboxylic acids is 2. The van der Waals surface area contributed by atoms with Crippen LogP contribution in [0.4, 0.5) is 0 Å². The average Bonchev–Trinajstić information content (AvgIpc) is 2.60. The molecule has 3 rings (SSSR count). The van der Waals surface area contributed by atoms with Crippen LogP contribution in [0.1, 0.15) is 24.0 Å². The van der Waals surface area contributed by atoms with E-state index < -0.39 is 29.6 Å². The van der Waals surface area contributed by atoms with Gasteiger partial charge in [-0.2, -0.15) is 0 Å². The Morgan fingerprint density at radius 2 is 1.88 bits per heavy atom. The van der Waals surface area contributed by atoms with Crippen LogP contribution in [0.15, 0.2) is 29.8 Å². The van der Waals surface area contributed by atoms with E-state index in [0.717, 1.165) is 5.56 Å². The molecule has 1 heterocycles. The Kier molecular flexibility index (Phi) is 4.34. The Morgan fingerprint density at radius 1 is 1.24 bits per heavy atom. The van der Waals surface area contributed by atoms with Gasteiger partial charge in [0.15, 0.2) is 5.78 Å². The lowest BCUT2D eigenvalue weighted by molar-refractivity contribution is -0.138. The molecule has 0 atom stereocenters. The molecule has 1 aliphatic carbocycles. The van der Waals surface area contributed by atoms with Crippen LogP contribution in [-0.2, 0) is 19.8 Å². The lowest BCUT2D eigenvalue weighted by Crippen LogP contribution is -2.51. The number of aliphatic hydroxyl groups is 1. The van der Waals surface area contributed by atoms with Crippen molar-refractivity contribution in [1.29, 1.82) is 0 Å². The Bertz CT molecular complexity index is 775. The largest absolute Gasteiger partial charge is 0.506 e. The molecule has 1 saturated heterocycles. The average molecular weight is 344 g/mol. The highest BCUT2D eigenvalue weighted by Crippen LogP contribution is 2.45. The summed E-state index contributed by atoms with van der Waals surface area (Å²) in [5.41, 5.74) is 0.00243. The maximum atomic E-state index is 13.2. The van der Waals surface area contributed by atoms with Crippen LogP contribution in [-0.4, -0.2) is 59.5 Å². The number of hydrogen-bond acceptors (Lipinski definition) is 5. The van der Waals surface area contributed by atoms with Crippen LogP contribution in [0, 0.1) is 0 Å². The van der Waals surface area contributed by atoms with E-state index in [2.05, 4.69) is 10.2 Å². The van der Waals surface area contributed by atoms with Crippen molar-refractivity contribution in [2.75, 3.05) is 26.7 Å². The SMILES string of the molecule is CN1CCC2(CC1)C(=O)C(C(=O)NCC(=O)O)=C(O)c1ccccc12. The molecule has 25 heavy (non-hydrogen) atoms. The minimum absolute atomic E-state index is 0.343. The number of likely N-dealkylation sites (tertiary alicyclic amines) is 1. The Labute approximate surface area is 144 Å². The molecule has 1 aromatic carbocycles. The molecule has 2 aliphatic rings. The maximum absolute atomic E-state index is 13.2. The zero-order valence-corrected chi connectivity index (χ0v) is 13.9. The Morgan fingerprint density at radius 3 is 2.52 bits per heavy atom. The number of nitrogens with one attached hydrogen (secondary N) is 1. The van der Waals surface area contributed by atoms with Gasteiger partial charge in [-0.3, -0.25) is 14.4 Å². The zero-order valence-electron chi connectivity index (χ0n) is 13.9. The second-order valence-electron chi connectivity index (χ2n) is 6.56. The molecule has 1 aromatic rings. The standard InChI is InChI=1S/C18H20N2O5/c1-20-8-6-18(7-9-20)12-5-3-2-4-11(12)15(23)14(16(18)24)17(25)19-10-13(21)22/h2-5,23H,6-10H2,1H3,(H,19,25)(H,21,22). The first kappa shape index (κ1) is 17.2. The van der Waals surface area contributed by atoms with Crippen molar-refractivity contribution in [3.63, 3.8) is 0 Å². The van der Waals surface area contributed by atoms with Crippen LogP contribution in [0.25, 0.3) is 5.76 Å². The van der Waals surface area contributed by atoms with Crippen LogP contribution in [0.5, 0.6) is 0 Å². The number of aliphatic hydroxyl groups excluding tert-OH is 1. The summed E-state index contributed by atoms with van der Waals surface area (Å²) in [5.74, 6) is -2.88. The number of piperidine rings is 1. The molecule has 7 heteroatoms. The van der Waals surface area contributed by atoms with Gasteiger partial charge >= 0.3 is 5.97 Å². The third-order valence-electron chi connectivity index (χ3n) is 5.06. The second-order valence-corrected chi connectivity index (χ2v) is 6.56. The number of ketones is 1. The fourth-order valence-corrected chi connectivity index (χ4v) is 3.66. The Balaban J connectivity index is 2.08. The normalized spacial score (nSPS) is 19.6. The number of carboxylic acids is 1. The van der Waals surface area contributed by atoms with Crippen LogP contribution in [0.3, 0.4) is 0 Å². The first-order chi connectivity index (χ1) is 11.9. The number of fused-ring (bicyclic) bond motifs is 2. The van der Waals surface area contributed by atoms with Gasteiger partial charge in [-0.25, -0.2) is 0 Å². The third-order valence-corrected chi connectivity index (χ3v) is 5.06. The second kappa shape index (κ2) is 6.33. The van der Waals surface area contributed by atoms with Gasteiger partial charge in [0.25, 0.3) is 5.91 Å². The number of nitrogens with zero attached hydrogens (tertiary/aromatic N) is 1. The Hall–Kier alpha value is -2.67. The summed E-state index contributed by atoms with van der Waals surface area (Å²) in [6.07, 6.45) is 1.09. The van der Waals surface area contributed by atoms with E-state index in [4.69, 9.17) is 5.11 Å². The summed E-state index contributed by atoms with van der Waals surface area (Å²) in [6.45, 7) is 0.788. The number of carboxylic acid groups (broad SMARTS) is 1. The molecular formula is C18H20N2O5. The van der Waals surface area contributed by atoms with E-state index >= 15 is 0 Å². The number of hydrogen-bond donors (Lipinski definition) is 3. The number of benzene rings is 1. The molecule has 1 aliphatic heterocycles. The summed E-state index contributed by atoms with van der Waals surface area (Å²) >= 11 is 0. The molecule has 132 valence electrons. The summed E-state index contributed by atoms with van der Waals surface area (Å²) in [6, 6.07) is 7.05. The molecule has 7 nitrogen and oxygen atoms in total. The molecule has 0 saturated carbocycles. The predicted molar refractivity (Wildman–Crippen MR) is 90.1 cm³/mol. The third kappa shape index (κ3) is 2.80. The quantitative estimate of drug-likeness (QED) is 0.697. The topological polar surface area (TPSA) is 107 Å². The van der Waals surface area contributed by atoms with Gasteiger partial charge in [0.2, 0.25) is 0 Å². The van der Waals surface area contributed by atoms with Gasteiger partial charge in [-0.05, 0) is 38.5 Å². The minimum atomic E-state index is -1.22. The van der Waals surface area contributed by atoms with E-state index in [1.807, 2.05) is 19.2 Å². The lowest BCUT2D eigenvalue weighted by atomic mass is 9.63. The number of amides is 1. The van der Waals surface area contributed by atoms with Crippen LogP contribution in [0.2, 0.25) is 0 Å². The molecular weight excluding hydrogens is 324 g/mol. The first-order valence-electron chi connectivity index (χ1n) is 8.13. The van der Waals surface area contributed by atoms with E-state index in [1.165, 1.54) is 0 Å². The van der Waals surface area contributed by atoms with Crippen molar-refractivity contribution >= 4 is 23.4 Å². The highest BCUT2D eigenvalue weighted by atomic mass is 16.4. The first-order valence-corrected chi connectivity index (χ1v) is 8.13. The molecule has 1 fully saturated rings. The molecule has 1 spiro atoms. The fraction of sp³-hybridized carbons (Fsp3) is 0.389. The zero-order chi connectivity index (χ0) is 18.2. The number of rotatable bonds is 3. The van der Waals surface area contributed by atoms with Gasteiger partial charge in [0.1, 0.15) is 17.9 Å².